The van der Waals surface area contributed by atoms with Crippen molar-refractivity contribution in [3.8, 4) is 0 Å². The molecule has 0 bridgehead atoms. The van der Waals surface area contributed by atoms with Gasteiger partial charge in [0.15, 0.2) is 0 Å². The number of halogens is 1. The van der Waals surface area contributed by atoms with E-state index in [4.69, 9.17) is 21.0 Å². The summed E-state index contributed by atoms with van der Waals surface area (Å²) in [6, 6.07) is 10.2. The maximum Gasteiger partial charge on any atom is 0.128 e. The zero-order valence-electron chi connectivity index (χ0n) is 11.8. The fraction of sp³-hybridized carbons (Fsp3) is 0.312. The van der Waals surface area contributed by atoms with Crippen LogP contribution in [0.3, 0.4) is 0 Å². The predicted octanol–water partition coefficient (Wildman–Crippen LogP) is 4.85. The zero-order valence-corrected chi connectivity index (χ0v) is 12.6. The van der Waals surface area contributed by atoms with Gasteiger partial charge in [0.25, 0.3) is 0 Å². The van der Waals surface area contributed by atoms with Gasteiger partial charge in [-0.1, -0.05) is 6.07 Å². The van der Waals surface area contributed by atoms with Gasteiger partial charge in [0.2, 0.25) is 0 Å². The van der Waals surface area contributed by atoms with Gasteiger partial charge in [-0.15, -0.1) is 11.6 Å². The van der Waals surface area contributed by atoms with Crippen molar-refractivity contribution in [1.29, 1.82) is 0 Å². The van der Waals surface area contributed by atoms with Gasteiger partial charge in [-0.25, -0.2) is 4.98 Å². The van der Waals surface area contributed by atoms with E-state index in [9.17, 15) is 0 Å². The first-order valence-corrected chi connectivity index (χ1v) is 7.17. The molecule has 2 heterocycles. The minimum Gasteiger partial charge on any atom is -0.467 e. The van der Waals surface area contributed by atoms with Crippen molar-refractivity contribution in [1.82, 2.24) is 9.55 Å². The van der Waals surface area contributed by atoms with Crippen LogP contribution < -0.4 is 0 Å². The Labute approximate surface area is 123 Å². The van der Waals surface area contributed by atoms with Crippen molar-refractivity contribution < 1.29 is 4.42 Å². The van der Waals surface area contributed by atoms with E-state index in [0.29, 0.717) is 0 Å². The van der Waals surface area contributed by atoms with Gasteiger partial charge in [0, 0.05) is 0 Å². The van der Waals surface area contributed by atoms with E-state index in [0.717, 1.165) is 22.6 Å². The average Bonchev–Trinajstić information content (AvgIpc) is 3.04. The molecule has 0 fully saturated rings. The van der Waals surface area contributed by atoms with Crippen LogP contribution in [-0.4, -0.2) is 9.55 Å². The number of benzene rings is 1. The van der Waals surface area contributed by atoms with Crippen LogP contribution >= 0.6 is 11.6 Å². The molecular weight excluding hydrogens is 272 g/mol. The van der Waals surface area contributed by atoms with E-state index in [1.165, 1.54) is 5.56 Å². The summed E-state index contributed by atoms with van der Waals surface area (Å²) < 4.78 is 7.69. The molecule has 0 saturated heterocycles. The molecule has 2 unspecified atom stereocenters. The Morgan fingerprint density at radius 2 is 2.05 bits per heavy atom. The van der Waals surface area contributed by atoms with Gasteiger partial charge in [-0.3, -0.25) is 0 Å². The van der Waals surface area contributed by atoms with Crippen molar-refractivity contribution in [3.63, 3.8) is 0 Å². The van der Waals surface area contributed by atoms with E-state index in [2.05, 4.69) is 36.6 Å². The van der Waals surface area contributed by atoms with Crippen LogP contribution in [0.5, 0.6) is 0 Å². The smallest absolute Gasteiger partial charge is 0.128 e. The summed E-state index contributed by atoms with van der Waals surface area (Å²) >= 11 is 6.31. The van der Waals surface area contributed by atoms with Crippen LogP contribution in [0, 0.1) is 6.92 Å². The van der Waals surface area contributed by atoms with Gasteiger partial charge in [0.1, 0.15) is 11.6 Å². The lowest BCUT2D eigenvalue weighted by atomic mass is 10.2. The van der Waals surface area contributed by atoms with Crippen LogP contribution in [0.15, 0.2) is 41.0 Å². The minimum absolute atomic E-state index is 0.0638. The Morgan fingerprint density at radius 3 is 2.70 bits per heavy atom. The number of aromatic nitrogens is 2. The van der Waals surface area contributed by atoms with Crippen molar-refractivity contribution in [2.45, 2.75) is 32.2 Å². The zero-order chi connectivity index (χ0) is 14.3. The highest BCUT2D eigenvalue weighted by Crippen LogP contribution is 2.31. The maximum absolute atomic E-state index is 6.31. The monoisotopic (exact) mass is 288 g/mol. The number of furan rings is 1. The minimum atomic E-state index is -0.153. The number of hydrogen-bond donors (Lipinski definition) is 0. The predicted molar refractivity (Wildman–Crippen MR) is 81.3 cm³/mol. The van der Waals surface area contributed by atoms with Gasteiger partial charge < -0.3 is 8.98 Å². The third kappa shape index (κ3) is 2.12. The third-order valence-electron chi connectivity index (χ3n) is 3.57. The van der Waals surface area contributed by atoms with Crippen LogP contribution in [0.4, 0.5) is 0 Å². The first kappa shape index (κ1) is 13.3. The maximum atomic E-state index is 6.31. The second-order valence-electron chi connectivity index (χ2n) is 5.14. The molecule has 3 nitrogen and oxygen atoms in total. The van der Waals surface area contributed by atoms with Crippen molar-refractivity contribution in [3.05, 3.63) is 53.7 Å². The van der Waals surface area contributed by atoms with Gasteiger partial charge in [-0.2, -0.15) is 0 Å². The Morgan fingerprint density at radius 1 is 1.25 bits per heavy atom. The molecule has 1 aromatic carbocycles. The van der Waals surface area contributed by atoms with E-state index in [1.54, 1.807) is 6.26 Å². The normalized spacial score (nSPS) is 14.6. The second-order valence-corrected chi connectivity index (χ2v) is 5.79. The molecule has 2 atom stereocenters. The third-order valence-corrected chi connectivity index (χ3v) is 3.77. The van der Waals surface area contributed by atoms with E-state index in [1.807, 2.05) is 19.1 Å². The molecule has 3 rings (SSSR count). The second kappa shape index (κ2) is 4.98. The lowest BCUT2D eigenvalue weighted by Gasteiger charge is -2.16. The summed E-state index contributed by atoms with van der Waals surface area (Å²) in [4.78, 5) is 4.69. The fourth-order valence-corrected chi connectivity index (χ4v) is 2.73. The number of nitrogens with zero attached hydrogens (tertiary/aromatic N) is 2. The molecule has 0 aliphatic heterocycles. The molecule has 3 aromatic rings. The Bertz CT molecular complexity index is 728. The molecule has 20 heavy (non-hydrogen) atoms. The quantitative estimate of drug-likeness (QED) is 0.645. The Balaban J connectivity index is 2.24. The molecule has 0 aliphatic rings. The van der Waals surface area contributed by atoms with E-state index >= 15 is 0 Å². The fourth-order valence-electron chi connectivity index (χ4n) is 2.57. The van der Waals surface area contributed by atoms with Gasteiger partial charge in [-0.05, 0) is 50.6 Å². The number of imidazole rings is 1. The summed E-state index contributed by atoms with van der Waals surface area (Å²) in [5.41, 5.74) is 3.26. The molecule has 104 valence electrons. The number of alkyl halides is 1. The molecule has 0 spiro atoms. The van der Waals surface area contributed by atoms with Crippen molar-refractivity contribution in [2.75, 3.05) is 0 Å². The highest BCUT2D eigenvalue weighted by atomic mass is 35.5. The van der Waals surface area contributed by atoms with Crippen molar-refractivity contribution in [2.24, 2.45) is 0 Å². The molecule has 0 saturated carbocycles. The average molecular weight is 289 g/mol. The lowest BCUT2D eigenvalue weighted by molar-refractivity contribution is 0.444. The highest BCUT2D eigenvalue weighted by molar-refractivity contribution is 6.20. The molecule has 0 aliphatic carbocycles. The summed E-state index contributed by atoms with van der Waals surface area (Å²) in [5, 5.41) is -0.153. The van der Waals surface area contributed by atoms with Gasteiger partial charge in [0.05, 0.1) is 28.7 Å². The molecule has 0 N–H and O–H groups in total. The molecule has 0 amide bonds. The van der Waals surface area contributed by atoms with Crippen LogP contribution in [-0.2, 0) is 0 Å². The number of rotatable bonds is 3. The molecular formula is C16H17ClN2O. The summed E-state index contributed by atoms with van der Waals surface area (Å²) in [5.74, 6) is 1.78. The Kier molecular flexibility index (Phi) is 3.30. The van der Waals surface area contributed by atoms with Crippen LogP contribution in [0.2, 0.25) is 0 Å². The summed E-state index contributed by atoms with van der Waals surface area (Å²) in [6.45, 7) is 6.11. The topological polar surface area (TPSA) is 31.0 Å². The van der Waals surface area contributed by atoms with Crippen LogP contribution in [0.1, 0.15) is 42.4 Å². The first-order chi connectivity index (χ1) is 9.58. The first-order valence-electron chi connectivity index (χ1n) is 6.74. The molecule has 2 aromatic heterocycles. The molecule has 4 heteroatoms. The van der Waals surface area contributed by atoms with Crippen molar-refractivity contribution >= 4 is 22.6 Å². The highest BCUT2D eigenvalue weighted by Gasteiger charge is 2.21. The van der Waals surface area contributed by atoms with E-state index in [-0.39, 0.29) is 11.4 Å². The lowest BCUT2D eigenvalue weighted by Crippen LogP contribution is -2.10. The van der Waals surface area contributed by atoms with Gasteiger partial charge >= 0.3 is 0 Å². The SMILES string of the molecule is Cc1ccc2c(c1)nc(C(C)Cl)n2C(C)c1ccco1. The molecule has 0 radical (unpaired) electrons. The largest absolute Gasteiger partial charge is 0.467 e. The van der Waals surface area contributed by atoms with E-state index < -0.39 is 0 Å². The number of hydrogen-bond acceptors (Lipinski definition) is 2. The van der Waals surface area contributed by atoms with Crippen LogP contribution in [0.25, 0.3) is 11.0 Å². The summed E-state index contributed by atoms with van der Waals surface area (Å²) in [7, 11) is 0. The Hall–Kier alpha value is -1.74. The standard InChI is InChI=1S/C16H17ClN2O/c1-10-6-7-14-13(9-10)18-16(11(2)17)19(14)12(3)15-5-4-8-20-15/h4-9,11-12H,1-3H3. The number of aryl methyl sites for hydroxylation is 1. The number of fused-ring (bicyclic) bond motifs is 1. The summed E-state index contributed by atoms with van der Waals surface area (Å²) in [6.07, 6.45) is 1.69.